The number of piperidine rings is 1. The van der Waals surface area contributed by atoms with Crippen LogP contribution in [-0.4, -0.2) is 47.7 Å². The molecule has 2 aromatic heterocycles. The molecule has 1 fully saturated rings. The molecule has 0 saturated carbocycles. The van der Waals surface area contributed by atoms with E-state index in [0.717, 1.165) is 37.4 Å². The Balaban J connectivity index is 1.42. The monoisotopic (exact) mass is 451 g/mol. The molecule has 0 atom stereocenters. The largest absolute Gasteiger partial charge is 0.476 e. The minimum absolute atomic E-state index is 0.0168. The van der Waals surface area contributed by atoms with Gasteiger partial charge in [0.05, 0.1) is 12.0 Å². The fraction of sp³-hybridized carbons (Fsp3) is 0.435. The van der Waals surface area contributed by atoms with Gasteiger partial charge in [-0.15, -0.1) is 0 Å². The molecule has 1 saturated heterocycles. The molecule has 6 N–H and O–H groups in total. The zero-order chi connectivity index (χ0) is 23.2. The van der Waals surface area contributed by atoms with Crippen LogP contribution < -0.4 is 31.7 Å². The molecule has 2 aliphatic rings. The van der Waals surface area contributed by atoms with E-state index in [1.807, 2.05) is 24.3 Å². The summed E-state index contributed by atoms with van der Waals surface area (Å²) in [5.74, 6) is 1.61. The van der Waals surface area contributed by atoms with E-state index in [2.05, 4.69) is 20.5 Å². The maximum absolute atomic E-state index is 12.3. The highest BCUT2D eigenvalue weighted by Crippen LogP contribution is 2.37. The average Bonchev–Trinajstić information content (AvgIpc) is 3.28. The van der Waals surface area contributed by atoms with Crippen molar-refractivity contribution in [3.63, 3.8) is 0 Å². The van der Waals surface area contributed by atoms with Crippen molar-refractivity contribution in [1.29, 1.82) is 0 Å². The highest BCUT2D eigenvalue weighted by atomic mass is 16.5. The Labute approximate surface area is 191 Å². The Hall–Kier alpha value is -3.37. The Morgan fingerprint density at radius 2 is 1.91 bits per heavy atom. The summed E-state index contributed by atoms with van der Waals surface area (Å²) in [6.07, 6.45) is 3.42. The normalized spacial score (nSPS) is 19.0. The van der Waals surface area contributed by atoms with Gasteiger partial charge in [0, 0.05) is 24.8 Å². The number of carbonyl (C=O) groups excluding carboxylic acids is 1. The van der Waals surface area contributed by atoms with Gasteiger partial charge in [-0.1, -0.05) is 0 Å². The van der Waals surface area contributed by atoms with Crippen molar-refractivity contribution >= 4 is 40.1 Å². The fourth-order valence-corrected chi connectivity index (χ4v) is 4.32. The SMILES string of the molecule is CC1(C)Oc2ccc(Nc3nc(N4CCC(CN)(CN)CC4)c4occc4n3)cc2NC1=O. The molecule has 4 heterocycles. The third kappa shape index (κ3) is 3.85. The maximum Gasteiger partial charge on any atom is 0.268 e. The summed E-state index contributed by atoms with van der Waals surface area (Å²) in [5.41, 5.74) is 13.8. The zero-order valence-electron chi connectivity index (χ0n) is 18.9. The number of carbonyl (C=O) groups is 1. The Morgan fingerprint density at radius 1 is 1.15 bits per heavy atom. The van der Waals surface area contributed by atoms with Gasteiger partial charge < -0.3 is 36.2 Å². The standard InChI is InChI=1S/C23H29N7O3/c1-22(2)20(31)27-16-11-14(3-4-17(16)33-22)26-21-28-15-5-10-32-18(15)19(29-21)30-8-6-23(12-24,13-25)7-9-30/h3-5,10-11H,6-9,12-13,24-25H2,1-2H3,(H,27,31)(H,26,28,29). The molecule has 0 unspecified atom stereocenters. The van der Waals surface area contributed by atoms with Crippen LogP contribution >= 0.6 is 0 Å². The van der Waals surface area contributed by atoms with Crippen molar-refractivity contribution < 1.29 is 13.9 Å². The van der Waals surface area contributed by atoms with Gasteiger partial charge in [-0.25, -0.2) is 4.98 Å². The smallest absolute Gasteiger partial charge is 0.268 e. The molecular weight excluding hydrogens is 422 g/mol. The number of aromatic nitrogens is 2. The summed E-state index contributed by atoms with van der Waals surface area (Å²) in [6.45, 7) is 6.22. The van der Waals surface area contributed by atoms with Crippen molar-refractivity contribution in [3.8, 4) is 5.75 Å². The third-order valence-corrected chi connectivity index (χ3v) is 6.67. The fourth-order valence-electron chi connectivity index (χ4n) is 4.32. The van der Waals surface area contributed by atoms with Gasteiger partial charge in [-0.3, -0.25) is 4.79 Å². The van der Waals surface area contributed by atoms with Gasteiger partial charge >= 0.3 is 0 Å². The number of anilines is 4. The summed E-state index contributed by atoms with van der Waals surface area (Å²) in [5, 5.41) is 6.15. The molecule has 174 valence electrons. The first-order chi connectivity index (χ1) is 15.8. The van der Waals surface area contributed by atoms with Crippen LogP contribution in [-0.2, 0) is 4.79 Å². The molecule has 1 aromatic carbocycles. The number of nitrogens with two attached hydrogens (primary N) is 2. The lowest BCUT2D eigenvalue weighted by Gasteiger charge is -2.40. The lowest BCUT2D eigenvalue weighted by atomic mass is 9.78. The van der Waals surface area contributed by atoms with E-state index in [1.165, 1.54) is 0 Å². The van der Waals surface area contributed by atoms with Crippen molar-refractivity contribution in [3.05, 3.63) is 30.5 Å². The number of rotatable bonds is 5. The minimum atomic E-state index is -0.911. The predicted molar refractivity (Wildman–Crippen MR) is 127 cm³/mol. The number of ether oxygens (including phenoxy) is 1. The van der Waals surface area contributed by atoms with E-state index in [4.69, 9.17) is 25.6 Å². The van der Waals surface area contributed by atoms with E-state index in [0.29, 0.717) is 41.6 Å². The van der Waals surface area contributed by atoms with Gasteiger partial charge in [0.15, 0.2) is 17.0 Å². The molecule has 3 aromatic rings. The Bertz CT molecular complexity index is 1190. The lowest BCUT2D eigenvalue weighted by molar-refractivity contribution is -0.129. The van der Waals surface area contributed by atoms with Crippen molar-refractivity contribution in [2.24, 2.45) is 16.9 Å². The number of hydrogen-bond donors (Lipinski definition) is 4. The summed E-state index contributed by atoms with van der Waals surface area (Å²) in [4.78, 5) is 23.8. The van der Waals surface area contributed by atoms with E-state index in [1.54, 1.807) is 20.1 Å². The molecule has 33 heavy (non-hydrogen) atoms. The van der Waals surface area contributed by atoms with Crippen molar-refractivity contribution in [1.82, 2.24) is 9.97 Å². The average molecular weight is 452 g/mol. The number of nitrogens with zero attached hydrogens (tertiary/aromatic N) is 3. The highest BCUT2D eigenvalue weighted by molar-refractivity contribution is 6.00. The van der Waals surface area contributed by atoms with Crippen molar-refractivity contribution in [2.45, 2.75) is 32.3 Å². The summed E-state index contributed by atoms with van der Waals surface area (Å²) in [7, 11) is 0. The number of furan rings is 1. The van der Waals surface area contributed by atoms with E-state index < -0.39 is 5.60 Å². The van der Waals surface area contributed by atoms with Crippen LogP contribution in [0.25, 0.3) is 11.1 Å². The van der Waals surface area contributed by atoms with Crippen LogP contribution in [0.2, 0.25) is 0 Å². The Kier molecular flexibility index (Phi) is 5.13. The van der Waals surface area contributed by atoms with Gasteiger partial charge in [0.2, 0.25) is 5.95 Å². The second-order valence-corrected chi connectivity index (χ2v) is 9.30. The van der Waals surface area contributed by atoms with Gasteiger partial charge in [0.1, 0.15) is 11.3 Å². The molecular formula is C23H29N7O3. The Morgan fingerprint density at radius 3 is 2.64 bits per heavy atom. The number of fused-ring (bicyclic) bond motifs is 2. The molecule has 2 aliphatic heterocycles. The summed E-state index contributed by atoms with van der Waals surface area (Å²) in [6, 6.07) is 7.32. The number of benzene rings is 1. The first kappa shape index (κ1) is 21.5. The van der Waals surface area contributed by atoms with Crippen LogP contribution in [0.3, 0.4) is 0 Å². The second-order valence-electron chi connectivity index (χ2n) is 9.30. The van der Waals surface area contributed by atoms with Crippen LogP contribution in [0, 0.1) is 5.41 Å². The first-order valence-corrected chi connectivity index (χ1v) is 11.1. The minimum Gasteiger partial charge on any atom is -0.476 e. The maximum atomic E-state index is 12.3. The van der Waals surface area contributed by atoms with E-state index in [-0.39, 0.29) is 11.3 Å². The summed E-state index contributed by atoms with van der Waals surface area (Å²) < 4.78 is 11.5. The third-order valence-electron chi connectivity index (χ3n) is 6.67. The molecule has 10 nitrogen and oxygen atoms in total. The number of nitrogens with one attached hydrogen (secondary N) is 2. The van der Waals surface area contributed by atoms with Gasteiger partial charge in [-0.2, -0.15) is 4.98 Å². The topological polar surface area (TPSA) is 145 Å². The van der Waals surface area contributed by atoms with Gasteiger partial charge in [-0.05, 0) is 63.4 Å². The van der Waals surface area contributed by atoms with Crippen LogP contribution in [0.15, 0.2) is 34.9 Å². The molecule has 0 aliphatic carbocycles. The van der Waals surface area contributed by atoms with Crippen molar-refractivity contribution in [2.75, 3.05) is 41.7 Å². The molecule has 0 radical (unpaired) electrons. The van der Waals surface area contributed by atoms with E-state index in [9.17, 15) is 4.79 Å². The first-order valence-electron chi connectivity index (χ1n) is 11.1. The second kappa shape index (κ2) is 7.89. The predicted octanol–water partition coefficient (Wildman–Crippen LogP) is 2.58. The van der Waals surface area contributed by atoms with Gasteiger partial charge in [0.25, 0.3) is 5.91 Å². The number of amides is 1. The zero-order valence-corrected chi connectivity index (χ0v) is 18.9. The molecule has 0 bridgehead atoms. The lowest BCUT2D eigenvalue weighted by Crippen LogP contribution is -2.48. The van der Waals surface area contributed by atoms with Crippen LogP contribution in [0.1, 0.15) is 26.7 Å². The molecule has 10 heteroatoms. The molecule has 0 spiro atoms. The van der Waals surface area contributed by atoms with E-state index >= 15 is 0 Å². The quantitative estimate of drug-likeness (QED) is 0.460. The number of hydrogen-bond acceptors (Lipinski definition) is 9. The highest BCUT2D eigenvalue weighted by Gasteiger charge is 2.36. The molecule has 5 rings (SSSR count). The molecule has 1 amide bonds. The van der Waals surface area contributed by atoms with Crippen LogP contribution in [0.5, 0.6) is 5.75 Å². The summed E-state index contributed by atoms with van der Waals surface area (Å²) >= 11 is 0. The van der Waals surface area contributed by atoms with Crippen LogP contribution in [0.4, 0.5) is 23.1 Å².